The van der Waals surface area contributed by atoms with Crippen LogP contribution >= 0.6 is 0 Å². The second kappa shape index (κ2) is 4.88. The van der Waals surface area contributed by atoms with Gasteiger partial charge in [0.1, 0.15) is 11.6 Å². The lowest BCUT2D eigenvalue weighted by molar-refractivity contribution is 0.251. The molecule has 2 rings (SSSR count). The lowest BCUT2D eigenvalue weighted by atomic mass is 9.64. The van der Waals surface area contributed by atoms with E-state index in [4.69, 9.17) is 10.5 Å². The first-order chi connectivity index (χ1) is 8.54. The molecule has 0 saturated heterocycles. The average Bonchev–Trinajstić information content (AvgIpc) is 2.26. The molecule has 18 heavy (non-hydrogen) atoms. The Hall–Kier alpha value is -1.09. The van der Waals surface area contributed by atoms with E-state index in [1.165, 1.54) is 6.42 Å². The molecule has 2 N–H and O–H groups in total. The van der Waals surface area contributed by atoms with Gasteiger partial charge < -0.3 is 10.5 Å². The SMILES string of the molecule is COc1cc(C2(CN)CCC2)cc(F)c1C(C)C. The summed E-state index contributed by atoms with van der Waals surface area (Å²) < 4.78 is 19.6. The van der Waals surface area contributed by atoms with E-state index in [0.29, 0.717) is 17.9 Å². The number of ether oxygens (including phenoxy) is 1. The van der Waals surface area contributed by atoms with Crippen molar-refractivity contribution in [2.45, 2.75) is 44.4 Å². The molecule has 3 heteroatoms. The van der Waals surface area contributed by atoms with E-state index in [0.717, 1.165) is 18.4 Å². The van der Waals surface area contributed by atoms with Crippen molar-refractivity contribution >= 4 is 0 Å². The van der Waals surface area contributed by atoms with Crippen molar-refractivity contribution in [2.75, 3.05) is 13.7 Å². The van der Waals surface area contributed by atoms with Gasteiger partial charge in [0, 0.05) is 17.5 Å². The fraction of sp³-hybridized carbons (Fsp3) is 0.600. The molecule has 1 aromatic rings. The summed E-state index contributed by atoms with van der Waals surface area (Å²) >= 11 is 0. The van der Waals surface area contributed by atoms with E-state index in [-0.39, 0.29) is 17.2 Å². The van der Waals surface area contributed by atoms with E-state index in [1.54, 1.807) is 13.2 Å². The second-order valence-corrected chi connectivity index (χ2v) is 5.57. The number of hydrogen-bond donors (Lipinski definition) is 1. The minimum atomic E-state index is -0.168. The van der Waals surface area contributed by atoms with Gasteiger partial charge >= 0.3 is 0 Å². The zero-order chi connectivity index (χ0) is 13.3. The Morgan fingerprint density at radius 3 is 2.44 bits per heavy atom. The van der Waals surface area contributed by atoms with Crippen LogP contribution in [0.3, 0.4) is 0 Å². The summed E-state index contributed by atoms with van der Waals surface area (Å²) in [7, 11) is 1.60. The summed E-state index contributed by atoms with van der Waals surface area (Å²) in [6.07, 6.45) is 3.27. The Labute approximate surface area is 108 Å². The van der Waals surface area contributed by atoms with Crippen LogP contribution in [0.1, 0.15) is 50.2 Å². The van der Waals surface area contributed by atoms with Crippen LogP contribution < -0.4 is 10.5 Å². The maximum atomic E-state index is 14.3. The third-order valence-electron chi connectivity index (χ3n) is 4.20. The summed E-state index contributed by atoms with van der Waals surface area (Å²) in [4.78, 5) is 0. The van der Waals surface area contributed by atoms with Crippen LogP contribution in [-0.4, -0.2) is 13.7 Å². The lowest BCUT2D eigenvalue weighted by Gasteiger charge is -2.42. The minimum absolute atomic E-state index is 0.0242. The molecule has 0 aromatic heterocycles. The molecule has 1 aliphatic rings. The van der Waals surface area contributed by atoms with Crippen molar-refractivity contribution in [3.05, 3.63) is 29.1 Å². The van der Waals surface area contributed by atoms with Gasteiger partial charge in [-0.1, -0.05) is 20.3 Å². The molecule has 0 spiro atoms. The van der Waals surface area contributed by atoms with Crippen LogP contribution in [0.15, 0.2) is 12.1 Å². The van der Waals surface area contributed by atoms with Crippen molar-refractivity contribution in [3.63, 3.8) is 0 Å². The summed E-state index contributed by atoms with van der Waals surface area (Å²) in [6, 6.07) is 3.63. The fourth-order valence-electron chi connectivity index (χ4n) is 2.84. The third kappa shape index (κ3) is 2.01. The lowest BCUT2D eigenvalue weighted by Crippen LogP contribution is -2.41. The first-order valence-corrected chi connectivity index (χ1v) is 6.62. The zero-order valence-corrected chi connectivity index (χ0v) is 11.4. The smallest absolute Gasteiger partial charge is 0.130 e. The summed E-state index contributed by atoms with van der Waals surface area (Å²) in [5.41, 5.74) is 7.51. The molecule has 1 fully saturated rings. The quantitative estimate of drug-likeness (QED) is 0.890. The van der Waals surface area contributed by atoms with Gasteiger partial charge in [0.2, 0.25) is 0 Å². The molecule has 2 nitrogen and oxygen atoms in total. The van der Waals surface area contributed by atoms with Gasteiger partial charge in [-0.15, -0.1) is 0 Å². The standard InChI is InChI=1S/C15H22FNO/c1-10(2)14-12(16)7-11(8-13(14)18-3)15(9-17)5-4-6-15/h7-8,10H,4-6,9,17H2,1-3H3. The average molecular weight is 251 g/mol. The van der Waals surface area contributed by atoms with Gasteiger partial charge in [-0.2, -0.15) is 0 Å². The van der Waals surface area contributed by atoms with Crippen molar-refractivity contribution in [3.8, 4) is 5.75 Å². The van der Waals surface area contributed by atoms with Gasteiger partial charge in [0.05, 0.1) is 7.11 Å². The molecule has 0 aliphatic heterocycles. The van der Waals surface area contributed by atoms with Crippen LogP contribution in [0.2, 0.25) is 0 Å². The van der Waals surface area contributed by atoms with E-state index in [2.05, 4.69) is 0 Å². The maximum absolute atomic E-state index is 14.3. The molecule has 1 aromatic carbocycles. The molecule has 0 atom stereocenters. The van der Waals surface area contributed by atoms with Crippen LogP contribution in [0, 0.1) is 5.82 Å². The molecule has 1 aliphatic carbocycles. The zero-order valence-electron chi connectivity index (χ0n) is 11.4. The van der Waals surface area contributed by atoms with Crippen molar-refractivity contribution in [1.29, 1.82) is 0 Å². The molecule has 0 amide bonds. The Morgan fingerprint density at radius 1 is 1.39 bits per heavy atom. The maximum Gasteiger partial charge on any atom is 0.130 e. The van der Waals surface area contributed by atoms with E-state index < -0.39 is 0 Å². The number of methoxy groups -OCH3 is 1. The molecule has 1 saturated carbocycles. The molecular formula is C15H22FNO. The molecule has 0 bridgehead atoms. The largest absolute Gasteiger partial charge is 0.496 e. The van der Waals surface area contributed by atoms with E-state index in [1.807, 2.05) is 19.9 Å². The van der Waals surface area contributed by atoms with Gasteiger partial charge in [-0.05, 0) is 36.5 Å². The summed E-state index contributed by atoms with van der Waals surface area (Å²) in [6.45, 7) is 4.53. The topological polar surface area (TPSA) is 35.2 Å². The number of benzene rings is 1. The number of hydrogen-bond acceptors (Lipinski definition) is 2. The molecule has 0 unspecified atom stereocenters. The van der Waals surface area contributed by atoms with Crippen molar-refractivity contribution < 1.29 is 9.13 Å². The summed E-state index contributed by atoms with van der Waals surface area (Å²) in [5, 5.41) is 0. The molecule has 0 radical (unpaired) electrons. The highest BCUT2D eigenvalue weighted by Gasteiger charge is 2.38. The van der Waals surface area contributed by atoms with Gasteiger partial charge in [-0.25, -0.2) is 4.39 Å². The summed E-state index contributed by atoms with van der Waals surface area (Å²) in [5.74, 6) is 0.600. The predicted octanol–water partition coefficient (Wildman–Crippen LogP) is 3.34. The number of halogens is 1. The highest BCUT2D eigenvalue weighted by molar-refractivity contribution is 5.44. The van der Waals surface area contributed by atoms with E-state index in [9.17, 15) is 4.39 Å². The van der Waals surface area contributed by atoms with Crippen molar-refractivity contribution in [1.82, 2.24) is 0 Å². The third-order valence-corrected chi connectivity index (χ3v) is 4.20. The highest BCUT2D eigenvalue weighted by Crippen LogP contribution is 2.45. The Kier molecular flexibility index (Phi) is 3.62. The fourth-order valence-corrected chi connectivity index (χ4v) is 2.84. The first-order valence-electron chi connectivity index (χ1n) is 6.62. The molecule has 100 valence electrons. The highest BCUT2D eigenvalue weighted by atomic mass is 19.1. The second-order valence-electron chi connectivity index (χ2n) is 5.57. The van der Waals surface area contributed by atoms with Crippen molar-refractivity contribution in [2.24, 2.45) is 5.73 Å². The normalized spacial score (nSPS) is 17.7. The minimum Gasteiger partial charge on any atom is -0.496 e. The van der Waals surface area contributed by atoms with Crippen LogP contribution in [-0.2, 0) is 5.41 Å². The first kappa shape index (κ1) is 13.3. The Balaban J connectivity index is 2.49. The Morgan fingerprint density at radius 2 is 2.06 bits per heavy atom. The van der Waals surface area contributed by atoms with Crippen LogP contribution in [0.5, 0.6) is 5.75 Å². The van der Waals surface area contributed by atoms with Gasteiger partial charge in [0.25, 0.3) is 0 Å². The Bertz CT molecular complexity index is 433. The molecular weight excluding hydrogens is 229 g/mol. The monoisotopic (exact) mass is 251 g/mol. The molecule has 0 heterocycles. The van der Waals surface area contributed by atoms with Gasteiger partial charge in [-0.3, -0.25) is 0 Å². The van der Waals surface area contributed by atoms with Crippen LogP contribution in [0.25, 0.3) is 0 Å². The number of rotatable bonds is 4. The van der Waals surface area contributed by atoms with Gasteiger partial charge in [0.15, 0.2) is 0 Å². The van der Waals surface area contributed by atoms with E-state index >= 15 is 0 Å². The van der Waals surface area contributed by atoms with Crippen LogP contribution in [0.4, 0.5) is 4.39 Å². The predicted molar refractivity (Wildman–Crippen MR) is 71.6 cm³/mol. The number of nitrogens with two attached hydrogens (primary N) is 1.